The Labute approximate surface area is 43.4 Å². The summed E-state index contributed by atoms with van der Waals surface area (Å²) in [4.78, 5) is 3.78. The van der Waals surface area contributed by atoms with Crippen molar-refractivity contribution in [3.63, 3.8) is 0 Å². The monoisotopic (exact) mass is 94.1 g/mol. The Morgan fingerprint density at radius 1 is 1.29 bits per heavy atom. The number of hydrogen-bond donors (Lipinski definition) is 1. The molecule has 0 radical (unpaired) electrons. The number of rotatable bonds is 0. The molecule has 1 heterocycles. The minimum absolute atomic E-state index is 0. The predicted molar refractivity (Wildman–Crippen MR) is 30.6 cm³/mol. The second-order valence-electron chi connectivity index (χ2n) is 1.02. The molecule has 0 saturated heterocycles. The Morgan fingerprint density at radius 2 is 2.14 bits per heavy atom. The van der Waals surface area contributed by atoms with Crippen LogP contribution in [0.15, 0.2) is 24.3 Å². The molecule has 0 atom stereocenters. The van der Waals surface area contributed by atoms with E-state index in [0.717, 1.165) is 0 Å². The van der Waals surface area contributed by atoms with Crippen molar-refractivity contribution in [2.24, 2.45) is 0 Å². The number of hydrogen-bond acceptors (Lipinski definition) is 2. The Kier molecular flexibility index (Phi) is 3.15. The topological polar surface area (TPSA) is 47.9 Å². The average molecular weight is 93.9 g/mol. The van der Waals surface area contributed by atoms with Gasteiger partial charge < -0.3 is 6.15 Å². The van der Waals surface area contributed by atoms with Crippen LogP contribution < -0.4 is 6.15 Å². The molecular formula is C4H7BN2. The van der Waals surface area contributed by atoms with Crippen LogP contribution in [0.3, 0.4) is 0 Å². The molecular weight excluding hydrogens is 86.9 g/mol. The quantitative estimate of drug-likeness (QED) is 0.511. The van der Waals surface area contributed by atoms with E-state index in [4.69, 9.17) is 0 Å². The first kappa shape index (κ1) is 6.30. The van der Waals surface area contributed by atoms with Crippen LogP contribution >= 0.6 is 0 Å². The SMILES string of the molecule is N.b1ccccn1. The van der Waals surface area contributed by atoms with Crippen LogP contribution in [-0.2, 0) is 0 Å². The van der Waals surface area contributed by atoms with Gasteiger partial charge in [0.05, 0.1) is 0 Å². The molecule has 0 amide bonds. The number of nitrogens with zero attached hydrogens (tertiary/aromatic N) is 1. The van der Waals surface area contributed by atoms with Crippen molar-refractivity contribution in [3.05, 3.63) is 24.3 Å². The zero-order chi connectivity index (χ0) is 4.24. The summed E-state index contributed by atoms with van der Waals surface area (Å²) in [6.07, 6.45) is 1.75. The van der Waals surface area contributed by atoms with E-state index in [9.17, 15) is 0 Å². The summed E-state index contributed by atoms with van der Waals surface area (Å²) in [5.41, 5.74) is 0. The van der Waals surface area contributed by atoms with E-state index in [0.29, 0.717) is 0 Å². The third-order valence-corrected chi connectivity index (χ3v) is 0.566. The fourth-order valence-electron chi connectivity index (χ4n) is 0.313. The van der Waals surface area contributed by atoms with E-state index in [2.05, 4.69) is 4.89 Å². The summed E-state index contributed by atoms with van der Waals surface area (Å²) in [5.74, 6) is 1.89. The number of aromatic nitrogens is 1. The van der Waals surface area contributed by atoms with Gasteiger partial charge in [0.15, 0.2) is 0 Å². The molecule has 3 N–H and O–H groups in total. The Morgan fingerprint density at radius 3 is 2.29 bits per heavy atom. The molecule has 1 aromatic rings. The molecule has 0 unspecified atom stereocenters. The molecule has 0 aliphatic carbocycles. The van der Waals surface area contributed by atoms with Gasteiger partial charge in [0, 0.05) is 0 Å². The third-order valence-electron chi connectivity index (χ3n) is 0.566. The average Bonchev–Trinajstić information content (AvgIpc) is 1.72. The van der Waals surface area contributed by atoms with Crippen LogP contribution in [0.5, 0.6) is 0 Å². The molecule has 3 heteroatoms. The summed E-state index contributed by atoms with van der Waals surface area (Å²) in [6, 6.07) is 3.83. The van der Waals surface area contributed by atoms with Crippen molar-refractivity contribution in [2.75, 3.05) is 0 Å². The maximum atomic E-state index is 3.78. The van der Waals surface area contributed by atoms with Gasteiger partial charge in [0.25, 0.3) is 0 Å². The second kappa shape index (κ2) is 3.49. The van der Waals surface area contributed by atoms with Crippen molar-refractivity contribution in [3.8, 4) is 0 Å². The molecule has 0 aromatic carbocycles. The van der Waals surface area contributed by atoms with Gasteiger partial charge in [0.2, 0.25) is 0 Å². The van der Waals surface area contributed by atoms with Gasteiger partial charge in [-0.2, -0.15) is 0 Å². The first-order valence-corrected chi connectivity index (χ1v) is 1.85. The van der Waals surface area contributed by atoms with Gasteiger partial charge >= 0.3 is 36.2 Å². The van der Waals surface area contributed by atoms with Crippen molar-refractivity contribution < 1.29 is 0 Å². The van der Waals surface area contributed by atoms with Gasteiger partial charge in [-0.1, -0.05) is 0 Å². The minimum atomic E-state index is 0. The first-order chi connectivity index (χ1) is 3.00. The third kappa shape index (κ3) is 2.06. The maximum absolute atomic E-state index is 3.78. The molecule has 2 nitrogen and oxygen atoms in total. The van der Waals surface area contributed by atoms with Gasteiger partial charge in [-0.05, 0) is 0 Å². The molecule has 1 aromatic heterocycles. The van der Waals surface area contributed by atoms with Gasteiger partial charge in [-0.15, -0.1) is 0 Å². The molecule has 0 saturated carbocycles. The van der Waals surface area contributed by atoms with E-state index >= 15 is 0 Å². The summed E-state index contributed by atoms with van der Waals surface area (Å²) in [5, 5.41) is 0. The summed E-state index contributed by atoms with van der Waals surface area (Å²) in [7, 11) is 1.75. The van der Waals surface area contributed by atoms with Crippen LogP contribution in [0.25, 0.3) is 0 Å². The summed E-state index contributed by atoms with van der Waals surface area (Å²) >= 11 is 0. The van der Waals surface area contributed by atoms with Crippen molar-refractivity contribution in [1.29, 1.82) is 0 Å². The standard InChI is InChI=1S/C4H4BN.H3N/c1-2-4-6-5-3-1;/h1-4H;1H3. The van der Waals surface area contributed by atoms with Gasteiger partial charge in [-0.25, -0.2) is 0 Å². The molecule has 0 spiro atoms. The summed E-state index contributed by atoms with van der Waals surface area (Å²) < 4.78 is 0. The van der Waals surface area contributed by atoms with Crippen LogP contribution in [0.1, 0.15) is 0 Å². The van der Waals surface area contributed by atoms with Crippen molar-refractivity contribution >= 4 is 7.05 Å². The van der Waals surface area contributed by atoms with E-state index < -0.39 is 0 Å². The van der Waals surface area contributed by atoms with Gasteiger partial charge in [-0.3, -0.25) is 0 Å². The van der Waals surface area contributed by atoms with Crippen LogP contribution in [-0.4, -0.2) is 11.9 Å². The molecule has 7 heavy (non-hydrogen) atoms. The van der Waals surface area contributed by atoms with Crippen LogP contribution in [0.2, 0.25) is 0 Å². The fraction of sp³-hybridized carbons (Fsp3) is 0. The van der Waals surface area contributed by atoms with E-state index in [1.165, 1.54) is 0 Å². The second-order valence-corrected chi connectivity index (χ2v) is 1.02. The zero-order valence-corrected chi connectivity index (χ0v) is 4.04. The molecule has 0 bridgehead atoms. The predicted octanol–water partition coefficient (Wildman–Crippen LogP) is 0.582. The van der Waals surface area contributed by atoms with Crippen LogP contribution in [0.4, 0.5) is 0 Å². The normalized spacial score (nSPS) is 6.29. The molecule has 1 rings (SSSR count). The molecule has 0 aliphatic heterocycles. The first-order valence-electron chi connectivity index (χ1n) is 1.85. The Balaban J connectivity index is 0.000000360. The van der Waals surface area contributed by atoms with E-state index in [1.54, 1.807) is 13.2 Å². The summed E-state index contributed by atoms with van der Waals surface area (Å²) in [6.45, 7) is 0. The Bertz CT molecular complexity index is 81.6. The fourth-order valence-corrected chi connectivity index (χ4v) is 0.313. The molecule has 0 fully saturated rings. The molecule has 36 valence electrons. The zero-order valence-electron chi connectivity index (χ0n) is 4.04. The van der Waals surface area contributed by atoms with Crippen molar-refractivity contribution in [1.82, 2.24) is 11.0 Å². The van der Waals surface area contributed by atoms with E-state index in [1.807, 2.05) is 18.1 Å². The van der Waals surface area contributed by atoms with Crippen molar-refractivity contribution in [2.45, 2.75) is 0 Å². The Hall–Kier alpha value is -0.695. The van der Waals surface area contributed by atoms with E-state index in [-0.39, 0.29) is 6.15 Å². The van der Waals surface area contributed by atoms with Crippen LogP contribution in [0, 0.1) is 0 Å². The molecule has 0 aliphatic rings. The van der Waals surface area contributed by atoms with Gasteiger partial charge in [0.1, 0.15) is 0 Å².